The first-order valence-corrected chi connectivity index (χ1v) is 11.7. The highest BCUT2D eigenvalue weighted by Gasteiger charge is 2.10. The van der Waals surface area contributed by atoms with Gasteiger partial charge in [-0.05, 0) is 18.1 Å². The van der Waals surface area contributed by atoms with Crippen LogP contribution in [0.15, 0.2) is 43.0 Å². The number of amides is 1. The summed E-state index contributed by atoms with van der Waals surface area (Å²) in [5.74, 6) is 0.0403. The van der Waals surface area contributed by atoms with E-state index in [0.717, 1.165) is 13.0 Å². The van der Waals surface area contributed by atoms with Crippen molar-refractivity contribution >= 4 is 5.91 Å². The zero-order chi connectivity index (χ0) is 20.3. The quantitative estimate of drug-likeness (QED) is 0.187. The molecule has 158 valence electrons. The van der Waals surface area contributed by atoms with Crippen LogP contribution in [0, 0.1) is 0 Å². The van der Waals surface area contributed by atoms with Gasteiger partial charge in [0.15, 0.2) is 0 Å². The van der Waals surface area contributed by atoms with Gasteiger partial charge in [-0.15, -0.1) is 0 Å². The summed E-state index contributed by atoms with van der Waals surface area (Å²) in [5, 5.41) is 0. The van der Waals surface area contributed by atoms with Crippen molar-refractivity contribution in [2.75, 3.05) is 6.54 Å². The molecule has 0 aliphatic rings. The summed E-state index contributed by atoms with van der Waals surface area (Å²) in [6, 6.07) is 10.2. The van der Waals surface area contributed by atoms with Crippen LogP contribution in [0.1, 0.15) is 102 Å². The molecule has 0 saturated heterocycles. The van der Waals surface area contributed by atoms with Crippen molar-refractivity contribution < 1.29 is 4.79 Å². The molecule has 2 nitrogen and oxygen atoms in total. The van der Waals surface area contributed by atoms with Gasteiger partial charge >= 0.3 is 0 Å². The number of rotatable bonds is 18. The molecule has 0 radical (unpaired) electrons. The first kappa shape index (κ1) is 24.5. The van der Waals surface area contributed by atoms with E-state index in [1.807, 2.05) is 23.1 Å². The van der Waals surface area contributed by atoms with Crippen molar-refractivity contribution in [3.8, 4) is 0 Å². The van der Waals surface area contributed by atoms with Crippen molar-refractivity contribution in [3.05, 3.63) is 48.6 Å². The van der Waals surface area contributed by atoms with Crippen molar-refractivity contribution in [1.29, 1.82) is 0 Å². The number of carbonyl (C=O) groups excluding carboxylic acids is 1. The van der Waals surface area contributed by atoms with Gasteiger partial charge in [-0.3, -0.25) is 4.79 Å². The molecule has 0 aliphatic carbocycles. The van der Waals surface area contributed by atoms with Crippen LogP contribution in [-0.2, 0) is 11.3 Å². The average molecular weight is 386 g/mol. The van der Waals surface area contributed by atoms with Crippen molar-refractivity contribution in [3.63, 3.8) is 0 Å². The third kappa shape index (κ3) is 12.8. The van der Waals surface area contributed by atoms with Gasteiger partial charge in [0.05, 0.1) is 0 Å². The molecule has 1 amide bonds. The van der Waals surface area contributed by atoms with Crippen LogP contribution in [0.25, 0.3) is 0 Å². The number of benzene rings is 1. The molecule has 0 unspecified atom stereocenters. The molecule has 0 spiro atoms. The molecule has 28 heavy (non-hydrogen) atoms. The Morgan fingerprint density at radius 1 is 0.786 bits per heavy atom. The molecule has 1 aromatic rings. The van der Waals surface area contributed by atoms with Gasteiger partial charge in [0, 0.05) is 13.1 Å². The SMILES string of the molecule is C=CC(=O)N(CCCCCCCCCCCCCCCC)Cc1ccccc1. The molecule has 2 heteroatoms. The van der Waals surface area contributed by atoms with Gasteiger partial charge in [-0.25, -0.2) is 0 Å². The molecule has 0 atom stereocenters. The number of unbranched alkanes of at least 4 members (excludes halogenated alkanes) is 13. The highest BCUT2D eigenvalue weighted by Crippen LogP contribution is 2.13. The monoisotopic (exact) mass is 385 g/mol. The molecule has 0 aliphatic heterocycles. The van der Waals surface area contributed by atoms with E-state index in [-0.39, 0.29) is 5.91 Å². The summed E-state index contributed by atoms with van der Waals surface area (Å²) < 4.78 is 0. The number of hydrogen-bond acceptors (Lipinski definition) is 1. The first-order valence-electron chi connectivity index (χ1n) is 11.7. The Morgan fingerprint density at radius 3 is 1.71 bits per heavy atom. The lowest BCUT2D eigenvalue weighted by molar-refractivity contribution is -0.126. The van der Waals surface area contributed by atoms with Crippen LogP contribution in [0.2, 0.25) is 0 Å². The van der Waals surface area contributed by atoms with E-state index < -0.39 is 0 Å². The van der Waals surface area contributed by atoms with E-state index in [4.69, 9.17) is 0 Å². The molecular formula is C26H43NO. The van der Waals surface area contributed by atoms with Crippen LogP contribution in [0.3, 0.4) is 0 Å². The second-order valence-electron chi connectivity index (χ2n) is 8.05. The van der Waals surface area contributed by atoms with E-state index in [2.05, 4.69) is 25.6 Å². The average Bonchev–Trinajstić information content (AvgIpc) is 2.73. The molecule has 0 saturated carbocycles. The van der Waals surface area contributed by atoms with Gasteiger partial charge in [-0.2, -0.15) is 0 Å². The van der Waals surface area contributed by atoms with Crippen LogP contribution >= 0.6 is 0 Å². The Kier molecular flexibility index (Phi) is 15.3. The second-order valence-corrected chi connectivity index (χ2v) is 8.05. The Labute approximate surface area is 174 Å². The summed E-state index contributed by atoms with van der Waals surface area (Å²) in [6.07, 6.45) is 20.4. The maximum atomic E-state index is 12.1. The summed E-state index contributed by atoms with van der Waals surface area (Å²) in [7, 11) is 0. The lowest BCUT2D eigenvalue weighted by Gasteiger charge is -2.21. The summed E-state index contributed by atoms with van der Waals surface area (Å²) in [6.45, 7) is 7.44. The molecule has 0 heterocycles. The standard InChI is InChI=1S/C26H43NO/c1-3-5-6-7-8-9-10-11-12-13-14-15-16-20-23-27(26(28)4-2)24-25-21-18-17-19-22-25/h4,17-19,21-22H,2-3,5-16,20,23-24H2,1H3. The van der Waals surface area contributed by atoms with E-state index in [9.17, 15) is 4.79 Å². The van der Waals surface area contributed by atoms with Crippen LogP contribution in [0.4, 0.5) is 0 Å². The van der Waals surface area contributed by atoms with E-state index >= 15 is 0 Å². The zero-order valence-electron chi connectivity index (χ0n) is 18.3. The number of carbonyl (C=O) groups is 1. The maximum Gasteiger partial charge on any atom is 0.246 e. The van der Waals surface area contributed by atoms with Gasteiger partial charge in [0.1, 0.15) is 0 Å². The van der Waals surface area contributed by atoms with E-state index in [1.54, 1.807) is 0 Å². The fraction of sp³-hybridized carbons (Fsp3) is 0.654. The summed E-state index contributed by atoms with van der Waals surface area (Å²) >= 11 is 0. The van der Waals surface area contributed by atoms with Gasteiger partial charge in [0.25, 0.3) is 0 Å². The Hall–Kier alpha value is -1.57. The highest BCUT2D eigenvalue weighted by molar-refractivity contribution is 5.86. The summed E-state index contributed by atoms with van der Waals surface area (Å²) in [4.78, 5) is 14.0. The van der Waals surface area contributed by atoms with Crippen molar-refractivity contribution in [1.82, 2.24) is 4.90 Å². The first-order chi connectivity index (χ1) is 13.8. The normalized spacial score (nSPS) is 10.8. The smallest absolute Gasteiger partial charge is 0.246 e. The van der Waals surface area contributed by atoms with Crippen LogP contribution in [0.5, 0.6) is 0 Å². The minimum atomic E-state index is 0.0403. The molecule has 1 aromatic carbocycles. The van der Waals surface area contributed by atoms with Crippen LogP contribution in [-0.4, -0.2) is 17.4 Å². The molecule has 1 rings (SSSR count). The predicted octanol–water partition coefficient (Wildman–Crippen LogP) is 7.68. The minimum Gasteiger partial charge on any atom is -0.335 e. The fourth-order valence-corrected chi connectivity index (χ4v) is 3.70. The predicted molar refractivity (Wildman–Crippen MR) is 122 cm³/mol. The molecule has 0 fully saturated rings. The Bertz CT molecular complexity index is 496. The largest absolute Gasteiger partial charge is 0.335 e. The molecule has 0 N–H and O–H groups in total. The second kappa shape index (κ2) is 17.5. The third-order valence-corrected chi connectivity index (χ3v) is 5.48. The van der Waals surface area contributed by atoms with Gasteiger partial charge < -0.3 is 4.90 Å². The summed E-state index contributed by atoms with van der Waals surface area (Å²) in [5.41, 5.74) is 1.18. The highest BCUT2D eigenvalue weighted by atomic mass is 16.2. The molecule has 0 aromatic heterocycles. The lowest BCUT2D eigenvalue weighted by Crippen LogP contribution is -2.29. The van der Waals surface area contributed by atoms with E-state index in [0.29, 0.717) is 6.54 Å². The minimum absolute atomic E-state index is 0.0403. The third-order valence-electron chi connectivity index (χ3n) is 5.48. The zero-order valence-corrected chi connectivity index (χ0v) is 18.3. The number of nitrogens with zero attached hydrogens (tertiary/aromatic N) is 1. The Morgan fingerprint density at radius 2 is 1.25 bits per heavy atom. The van der Waals surface area contributed by atoms with Gasteiger partial charge in [-0.1, -0.05) is 127 Å². The maximum absolute atomic E-state index is 12.1. The van der Waals surface area contributed by atoms with Gasteiger partial charge in [0.2, 0.25) is 5.91 Å². The molecule has 0 bridgehead atoms. The topological polar surface area (TPSA) is 20.3 Å². The van der Waals surface area contributed by atoms with E-state index in [1.165, 1.54) is 95.1 Å². The fourth-order valence-electron chi connectivity index (χ4n) is 3.70. The van der Waals surface area contributed by atoms with Crippen molar-refractivity contribution in [2.45, 2.75) is 103 Å². The molecular weight excluding hydrogens is 342 g/mol. The Balaban J connectivity index is 1.99. The van der Waals surface area contributed by atoms with Crippen LogP contribution < -0.4 is 0 Å². The van der Waals surface area contributed by atoms with Crippen molar-refractivity contribution in [2.24, 2.45) is 0 Å². The lowest BCUT2D eigenvalue weighted by atomic mass is 10.0. The number of hydrogen-bond donors (Lipinski definition) is 0.